The largest absolute Gasteiger partial charge is 0.391 e. The third kappa shape index (κ3) is 2.68. The van der Waals surface area contributed by atoms with Gasteiger partial charge in [0.2, 0.25) is 0 Å². The van der Waals surface area contributed by atoms with Crippen molar-refractivity contribution in [2.45, 2.75) is 31.4 Å². The summed E-state index contributed by atoms with van der Waals surface area (Å²) in [5, 5.41) is 13.1. The van der Waals surface area contributed by atoms with E-state index in [1.54, 1.807) is 12.1 Å². The van der Waals surface area contributed by atoms with E-state index >= 15 is 0 Å². The molecule has 1 aliphatic heterocycles. The van der Waals surface area contributed by atoms with E-state index in [-0.39, 0.29) is 18.2 Å². The van der Waals surface area contributed by atoms with Crippen molar-refractivity contribution >= 4 is 5.78 Å². The first-order valence-corrected chi connectivity index (χ1v) is 5.77. The molecule has 0 amide bonds. The van der Waals surface area contributed by atoms with Gasteiger partial charge >= 0.3 is 0 Å². The molecule has 1 heterocycles. The Morgan fingerprint density at radius 2 is 2.19 bits per heavy atom. The summed E-state index contributed by atoms with van der Waals surface area (Å²) >= 11 is 0. The van der Waals surface area contributed by atoms with E-state index in [0.29, 0.717) is 5.56 Å². The van der Waals surface area contributed by atoms with Crippen LogP contribution in [0.3, 0.4) is 0 Å². The van der Waals surface area contributed by atoms with Crippen molar-refractivity contribution in [1.29, 1.82) is 0 Å². The number of benzene rings is 1. The molecule has 1 saturated heterocycles. The van der Waals surface area contributed by atoms with Gasteiger partial charge in [0.15, 0.2) is 5.78 Å². The molecule has 2 N–H and O–H groups in total. The highest BCUT2D eigenvalue weighted by Crippen LogP contribution is 2.14. The Balaban J connectivity index is 1.92. The number of aliphatic hydroxyl groups excluding tert-OH is 1. The van der Waals surface area contributed by atoms with Crippen molar-refractivity contribution in [3.05, 3.63) is 35.9 Å². The Morgan fingerprint density at radius 1 is 1.44 bits per heavy atom. The number of rotatable bonds is 4. The molecule has 1 aromatic rings. The zero-order valence-electron chi connectivity index (χ0n) is 9.23. The molecule has 0 spiro atoms. The predicted octanol–water partition coefficient (Wildman–Crippen LogP) is 1.37. The molecule has 0 saturated carbocycles. The molecule has 0 aliphatic carbocycles. The topological polar surface area (TPSA) is 49.3 Å². The Labute approximate surface area is 95.5 Å². The number of carbonyl (C=O) groups excluding carboxylic acids is 1. The minimum Gasteiger partial charge on any atom is -0.391 e. The maximum Gasteiger partial charge on any atom is 0.165 e. The smallest absolute Gasteiger partial charge is 0.165 e. The molecule has 0 bridgehead atoms. The Morgan fingerprint density at radius 3 is 2.81 bits per heavy atom. The van der Waals surface area contributed by atoms with Gasteiger partial charge in [-0.3, -0.25) is 4.79 Å². The van der Waals surface area contributed by atoms with Gasteiger partial charge in [0.05, 0.1) is 6.10 Å². The lowest BCUT2D eigenvalue weighted by molar-refractivity contribution is 0.0819. The minimum absolute atomic E-state index is 0.0156. The molecule has 86 valence electrons. The van der Waals surface area contributed by atoms with Gasteiger partial charge in [0.1, 0.15) is 0 Å². The van der Waals surface area contributed by atoms with Crippen molar-refractivity contribution in [2.24, 2.45) is 0 Å². The van der Waals surface area contributed by atoms with Crippen LogP contribution >= 0.6 is 0 Å². The average molecular weight is 219 g/mol. The molecule has 16 heavy (non-hydrogen) atoms. The van der Waals surface area contributed by atoms with Crippen LogP contribution in [-0.4, -0.2) is 29.6 Å². The van der Waals surface area contributed by atoms with Crippen molar-refractivity contribution in [3.8, 4) is 0 Å². The quantitative estimate of drug-likeness (QED) is 0.752. The van der Waals surface area contributed by atoms with E-state index in [1.165, 1.54) is 0 Å². The Bertz CT molecular complexity index is 344. The molecular weight excluding hydrogens is 202 g/mol. The van der Waals surface area contributed by atoms with E-state index in [9.17, 15) is 9.90 Å². The zero-order chi connectivity index (χ0) is 11.4. The fourth-order valence-corrected chi connectivity index (χ4v) is 2.11. The standard InChI is InChI=1S/C13H17NO2/c15-12(10-5-2-1-3-6-10)9-13(16)11-7-4-8-14-11/h1-3,5-6,11,13-14,16H,4,7-9H2/t11?,13-/m1/s1. The molecule has 1 aromatic carbocycles. The summed E-state index contributed by atoms with van der Waals surface area (Å²) in [7, 11) is 0. The highest BCUT2D eigenvalue weighted by Gasteiger charge is 2.24. The fourth-order valence-electron chi connectivity index (χ4n) is 2.11. The van der Waals surface area contributed by atoms with Crippen LogP contribution in [0, 0.1) is 0 Å². The summed E-state index contributed by atoms with van der Waals surface area (Å²) in [4.78, 5) is 11.8. The lowest BCUT2D eigenvalue weighted by Gasteiger charge is -2.17. The lowest BCUT2D eigenvalue weighted by Crippen LogP contribution is -2.36. The van der Waals surface area contributed by atoms with E-state index in [1.807, 2.05) is 18.2 Å². The van der Waals surface area contributed by atoms with Gasteiger partial charge < -0.3 is 10.4 Å². The summed E-state index contributed by atoms with van der Waals surface area (Å²) in [5.74, 6) is 0.0156. The van der Waals surface area contributed by atoms with Gasteiger partial charge in [-0.2, -0.15) is 0 Å². The molecule has 2 atom stereocenters. The van der Waals surface area contributed by atoms with Gasteiger partial charge in [0.25, 0.3) is 0 Å². The lowest BCUT2D eigenvalue weighted by atomic mass is 10.00. The van der Waals surface area contributed by atoms with Crippen LogP contribution in [0.2, 0.25) is 0 Å². The number of ketones is 1. The SMILES string of the molecule is O=C(C[C@@H](O)C1CCCN1)c1ccccc1. The Hall–Kier alpha value is -1.19. The molecule has 3 nitrogen and oxygen atoms in total. The monoisotopic (exact) mass is 219 g/mol. The van der Waals surface area contributed by atoms with E-state index in [2.05, 4.69) is 5.32 Å². The number of carbonyl (C=O) groups is 1. The number of hydrogen-bond donors (Lipinski definition) is 2. The predicted molar refractivity (Wildman–Crippen MR) is 62.4 cm³/mol. The third-order valence-corrected chi connectivity index (χ3v) is 3.05. The average Bonchev–Trinajstić information content (AvgIpc) is 2.83. The number of aliphatic hydroxyl groups is 1. The molecule has 3 heteroatoms. The molecule has 0 radical (unpaired) electrons. The van der Waals surface area contributed by atoms with Gasteiger partial charge in [0, 0.05) is 18.0 Å². The summed E-state index contributed by atoms with van der Waals surface area (Å²) in [6.45, 7) is 0.946. The second-order valence-corrected chi connectivity index (χ2v) is 4.26. The number of nitrogens with one attached hydrogen (secondary N) is 1. The van der Waals surface area contributed by atoms with Gasteiger partial charge in [-0.15, -0.1) is 0 Å². The maximum atomic E-state index is 11.8. The van der Waals surface area contributed by atoms with Crippen LogP contribution in [0.1, 0.15) is 29.6 Å². The molecule has 0 aromatic heterocycles. The molecule has 1 unspecified atom stereocenters. The van der Waals surface area contributed by atoms with Gasteiger partial charge in [-0.05, 0) is 19.4 Å². The maximum absolute atomic E-state index is 11.8. The van der Waals surface area contributed by atoms with Crippen LogP contribution in [0.4, 0.5) is 0 Å². The third-order valence-electron chi connectivity index (χ3n) is 3.05. The van der Waals surface area contributed by atoms with Gasteiger partial charge in [-0.25, -0.2) is 0 Å². The highest BCUT2D eigenvalue weighted by molar-refractivity contribution is 5.96. The first-order chi connectivity index (χ1) is 7.77. The number of hydrogen-bond acceptors (Lipinski definition) is 3. The summed E-state index contributed by atoms with van der Waals surface area (Å²) < 4.78 is 0. The first-order valence-electron chi connectivity index (χ1n) is 5.77. The summed E-state index contributed by atoms with van der Waals surface area (Å²) in [6, 6.07) is 9.23. The van der Waals surface area contributed by atoms with Crippen LogP contribution in [0.15, 0.2) is 30.3 Å². The van der Waals surface area contributed by atoms with Crippen molar-refractivity contribution < 1.29 is 9.90 Å². The van der Waals surface area contributed by atoms with Crippen molar-refractivity contribution in [1.82, 2.24) is 5.32 Å². The van der Waals surface area contributed by atoms with E-state index in [4.69, 9.17) is 0 Å². The van der Waals surface area contributed by atoms with Crippen molar-refractivity contribution in [2.75, 3.05) is 6.54 Å². The summed E-state index contributed by atoms with van der Waals surface area (Å²) in [5.41, 5.74) is 0.680. The Kier molecular flexibility index (Phi) is 3.70. The normalized spacial score (nSPS) is 21.9. The van der Waals surface area contributed by atoms with Crippen LogP contribution in [0.25, 0.3) is 0 Å². The van der Waals surface area contributed by atoms with Crippen LogP contribution in [0.5, 0.6) is 0 Å². The number of Topliss-reactive ketones (excluding diaryl/α,β-unsaturated/α-hetero) is 1. The molecule has 2 rings (SSSR count). The fraction of sp³-hybridized carbons (Fsp3) is 0.462. The molecular formula is C13H17NO2. The zero-order valence-corrected chi connectivity index (χ0v) is 9.23. The van der Waals surface area contributed by atoms with E-state index < -0.39 is 6.10 Å². The van der Waals surface area contributed by atoms with Crippen LogP contribution in [-0.2, 0) is 0 Å². The minimum atomic E-state index is -0.560. The summed E-state index contributed by atoms with van der Waals surface area (Å²) in [6.07, 6.45) is 1.70. The van der Waals surface area contributed by atoms with Gasteiger partial charge in [-0.1, -0.05) is 30.3 Å². The first kappa shape index (κ1) is 11.3. The molecule has 1 fully saturated rings. The highest BCUT2D eigenvalue weighted by atomic mass is 16.3. The van der Waals surface area contributed by atoms with E-state index in [0.717, 1.165) is 19.4 Å². The van der Waals surface area contributed by atoms with Crippen molar-refractivity contribution in [3.63, 3.8) is 0 Å². The second kappa shape index (κ2) is 5.23. The van der Waals surface area contributed by atoms with Crippen LogP contribution < -0.4 is 5.32 Å². The molecule has 1 aliphatic rings. The second-order valence-electron chi connectivity index (χ2n) is 4.26.